The minimum absolute atomic E-state index is 0.295. The first-order chi connectivity index (χ1) is 11.5. The van der Waals surface area contributed by atoms with Gasteiger partial charge in [0.1, 0.15) is 0 Å². The van der Waals surface area contributed by atoms with Crippen LogP contribution in [0.1, 0.15) is 31.2 Å². The van der Waals surface area contributed by atoms with E-state index in [1.165, 1.54) is 16.3 Å². The summed E-state index contributed by atoms with van der Waals surface area (Å²) in [7, 11) is 6.14. The van der Waals surface area contributed by atoms with Crippen molar-refractivity contribution in [2.24, 2.45) is 0 Å². The van der Waals surface area contributed by atoms with Crippen LogP contribution in [0.2, 0.25) is 0 Å². The van der Waals surface area contributed by atoms with E-state index in [1.807, 2.05) is 11.9 Å². The summed E-state index contributed by atoms with van der Waals surface area (Å²) in [6.45, 7) is 1.89. The highest BCUT2D eigenvalue weighted by Gasteiger charge is 2.44. The van der Waals surface area contributed by atoms with Crippen LogP contribution < -0.4 is 0 Å². The number of likely N-dealkylation sites (tertiary alicyclic amines) is 1. The van der Waals surface area contributed by atoms with E-state index >= 15 is 0 Å². The topological polar surface area (TPSA) is 23.6 Å². The Bertz CT molecular complexity index is 719. The largest absolute Gasteiger partial charge is 0.345 e. The fraction of sp³-hybridized carbons (Fsp3) is 0.476. The van der Waals surface area contributed by atoms with Crippen molar-refractivity contribution >= 4 is 16.7 Å². The molecule has 0 aromatic heterocycles. The van der Waals surface area contributed by atoms with Crippen molar-refractivity contribution < 1.29 is 4.79 Å². The smallest absolute Gasteiger partial charge is 0.232 e. The number of fused-ring (bicyclic) bond motifs is 1. The zero-order valence-electron chi connectivity index (χ0n) is 15.1. The molecule has 0 spiro atoms. The van der Waals surface area contributed by atoms with Gasteiger partial charge in [0, 0.05) is 13.6 Å². The minimum Gasteiger partial charge on any atom is -0.345 e. The number of benzene rings is 2. The van der Waals surface area contributed by atoms with Crippen molar-refractivity contribution in [3.05, 3.63) is 48.0 Å². The quantitative estimate of drug-likeness (QED) is 0.838. The number of hydrogen-bond donors (Lipinski definition) is 0. The average molecular weight is 324 g/mol. The second-order valence-electron chi connectivity index (χ2n) is 7.35. The standard InChI is InChI=1S/C21H28N2O/c1-22(2)15-7-13-21(14-8-16-23(3)20(21)24)19-12-6-10-17-9-4-5-11-18(17)19/h4-6,9-12H,7-8,13-16H2,1-3H3. The molecule has 0 N–H and O–H groups in total. The van der Waals surface area contributed by atoms with Crippen molar-refractivity contribution in [2.45, 2.75) is 31.1 Å². The van der Waals surface area contributed by atoms with Crippen LogP contribution in [-0.2, 0) is 10.2 Å². The Morgan fingerprint density at radius 2 is 1.88 bits per heavy atom. The molecule has 1 amide bonds. The summed E-state index contributed by atoms with van der Waals surface area (Å²) in [5, 5.41) is 2.46. The van der Waals surface area contributed by atoms with Gasteiger partial charge in [-0.05, 0) is 62.7 Å². The van der Waals surface area contributed by atoms with Crippen LogP contribution >= 0.6 is 0 Å². The number of rotatable bonds is 5. The SMILES string of the molecule is CN(C)CCCC1(c2cccc3ccccc23)CCCN(C)C1=O. The average Bonchev–Trinajstić information content (AvgIpc) is 2.58. The molecule has 1 aliphatic rings. The molecule has 1 aliphatic heterocycles. The van der Waals surface area contributed by atoms with Gasteiger partial charge in [-0.2, -0.15) is 0 Å². The van der Waals surface area contributed by atoms with Gasteiger partial charge in [0.05, 0.1) is 5.41 Å². The number of likely N-dealkylation sites (N-methyl/N-ethyl adjacent to an activating group) is 1. The van der Waals surface area contributed by atoms with Gasteiger partial charge in [-0.25, -0.2) is 0 Å². The third-order valence-corrected chi connectivity index (χ3v) is 5.37. The molecular weight excluding hydrogens is 296 g/mol. The summed E-state index contributed by atoms with van der Waals surface area (Å²) in [5.41, 5.74) is 0.847. The summed E-state index contributed by atoms with van der Waals surface area (Å²) in [4.78, 5) is 17.4. The van der Waals surface area contributed by atoms with Crippen LogP contribution in [0.5, 0.6) is 0 Å². The van der Waals surface area contributed by atoms with Crippen molar-refractivity contribution in [2.75, 3.05) is 34.2 Å². The van der Waals surface area contributed by atoms with Crippen LogP contribution in [0, 0.1) is 0 Å². The van der Waals surface area contributed by atoms with Gasteiger partial charge in [-0.15, -0.1) is 0 Å². The van der Waals surface area contributed by atoms with Crippen LogP contribution in [0.3, 0.4) is 0 Å². The van der Waals surface area contributed by atoms with Gasteiger partial charge < -0.3 is 9.80 Å². The van der Waals surface area contributed by atoms with Crippen molar-refractivity contribution in [1.29, 1.82) is 0 Å². The molecular formula is C21H28N2O. The second kappa shape index (κ2) is 6.94. The first-order valence-corrected chi connectivity index (χ1v) is 8.93. The molecule has 1 unspecified atom stereocenters. The molecule has 3 heteroatoms. The number of nitrogens with zero attached hydrogens (tertiary/aromatic N) is 2. The van der Waals surface area contributed by atoms with Gasteiger partial charge in [-0.1, -0.05) is 42.5 Å². The zero-order chi connectivity index (χ0) is 17.2. The number of hydrogen-bond acceptors (Lipinski definition) is 2. The molecule has 2 aromatic rings. The van der Waals surface area contributed by atoms with Gasteiger partial charge in [0.2, 0.25) is 5.91 Å². The highest BCUT2D eigenvalue weighted by Crippen LogP contribution is 2.42. The molecule has 1 heterocycles. The third kappa shape index (κ3) is 3.05. The molecule has 0 radical (unpaired) electrons. The highest BCUT2D eigenvalue weighted by atomic mass is 16.2. The number of piperidine rings is 1. The molecule has 0 aliphatic carbocycles. The molecule has 1 saturated heterocycles. The lowest BCUT2D eigenvalue weighted by molar-refractivity contribution is -0.139. The fourth-order valence-electron chi connectivity index (χ4n) is 4.15. The zero-order valence-corrected chi connectivity index (χ0v) is 15.1. The molecule has 0 bridgehead atoms. The predicted octanol–water partition coefficient (Wildman–Crippen LogP) is 3.67. The molecule has 1 fully saturated rings. The van der Waals surface area contributed by atoms with E-state index in [9.17, 15) is 4.79 Å². The van der Waals surface area contributed by atoms with Crippen LogP contribution in [0.25, 0.3) is 10.8 Å². The molecule has 0 saturated carbocycles. The highest BCUT2D eigenvalue weighted by molar-refractivity contribution is 5.96. The maximum Gasteiger partial charge on any atom is 0.232 e. The Morgan fingerprint density at radius 3 is 2.67 bits per heavy atom. The molecule has 2 aromatic carbocycles. The Kier molecular flexibility index (Phi) is 4.91. The fourth-order valence-corrected chi connectivity index (χ4v) is 4.15. The lowest BCUT2D eigenvalue weighted by atomic mass is 9.69. The Hall–Kier alpha value is -1.87. The van der Waals surface area contributed by atoms with E-state index in [2.05, 4.69) is 61.5 Å². The second-order valence-corrected chi connectivity index (χ2v) is 7.35. The van der Waals surface area contributed by atoms with Crippen LogP contribution in [0.15, 0.2) is 42.5 Å². The predicted molar refractivity (Wildman–Crippen MR) is 100 cm³/mol. The molecule has 3 rings (SSSR count). The van der Waals surface area contributed by atoms with E-state index in [1.54, 1.807) is 0 Å². The van der Waals surface area contributed by atoms with Crippen molar-refractivity contribution in [1.82, 2.24) is 9.80 Å². The Labute approximate surface area is 145 Å². The Morgan fingerprint density at radius 1 is 1.12 bits per heavy atom. The first-order valence-electron chi connectivity index (χ1n) is 8.93. The molecule has 128 valence electrons. The van der Waals surface area contributed by atoms with E-state index in [0.717, 1.165) is 38.8 Å². The van der Waals surface area contributed by atoms with Crippen molar-refractivity contribution in [3.8, 4) is 0 Å². The summed E-state index contributed by atoms with van der Waals surface area (Å²) in [6.07, 6.45) is 3.99. The monoisotopic (exact) mass is 324 g/mol. The number of amides is 1. The summed E-state index contributed by atoms with van der Waals surface area (Å²) in [6, 6.07) is 14.9. The van der Waals surface area contributed by atoms with Gasteiger partial charge in [-0.3, -0.25) is 4.79 Å². The third-order valence-electron chi connectivity index (χ3n) is 5.37. The minimum atomic E-state index is -0.371. The van der Waals surface area contributed by atoms with Crippen molar-refractivity contribution in [3.63, 3.8) is 0 Å². The van der Waals surface area contributed by atoms with E-state index in [-0.39, 0.29) is 5.41 Å². The molecule has 1 atom stereocenters. The first kappa shape index (κ1) is 17.0. The van der Waals surface area contributed by atoms with Crippen LogP contribution in [0.4, 0.5) is 0 Å². The molecule has 24 heavy (non-hydrogen) atoms. The van der Waals surface area contributed by atoms with E-state index < -0.39 is 0 Å². The normalized spacial score (nSPS) is 21.7. The van der Waals surface area contributed by atoms with Gasteiger partial charge >= 0.3 is 0 Å². The number of carbonyl (C=O) groups is 1. The number of carbonyl (C=O) groups excluding carboxylic acids is 1. The maximum absolute atomic E-state index is 13.3. The summed E-state index contributed by atoms with van der Waals surface area (Å²) in [5.74, 6) is 0.295. The summed E-state index contributed by atoms with van der Waals surface area (Å²) >= 11 is 0. The van der Waals surface area contributed by atoms with E-state index in [4.69, 9.17) is 0 Å². The lowest BCUT2D eigenvalue weighted by Crippen LogP contribution is -2.50. The summed E-state index contributed by atoms with van der Waals surface area (Å²) < 4.78 is 0. The van der Waals surface area contributed by atoms with Gasteiger partial charge in [0.25, 0.3) is 0 Å². The molecule has 3 nitrogen and oxygen atoms in total. The van der Waals surface area contributed by atoms with Gasteiger partial charge in [0.15, 0.2) is 0 Å². The lowest BCUT2D eigenvalue weighted by Gasteiger charge is -2.41. The van der Waals surface area contributed by atoms with Crippen LogP contribution in [-0.4, -0.2) is 49.9 Å². The van der Waals surface area contributed by atoms with E-state index in [0.29, 0.717) is 5.91 Å². The maximum atomic E-state index is 13.3. The Balaban J connectivity index is 2.08.